The van der Waals surface area contributed by atoms with Crippen molar-refractivity contribution < 1.29 is 25.9 Å². The Morgan fingerprint density at radius 2 is 2.27 bits per heavy atom. The molecule has 2 N–H and O–H groups in total. The SMILES string of the molecule is Cc1[c-]n(C)nc1C(N)=O.[W]. The molecule has 11 heavy (non-hydrogen) atoms. The van der Waals surface area contributed by atoms with Crippen LogP contribution in [0.3, 0.4) is 0 Å². The molecular formula is C6H8N3OW-. The molecule has 4 nitrogen and oxygen atoms in total. The molecule has 1 rings (SSSR count). The summed E-state index contributed by atoms with van der Waals surface area (Å²) < 4.78 is 1.44. The van der Waals surface area contributed by atoms with Crippen LogP contribution in [0.4, 0.5) is 0 Å². The molecule has 60 valence electrons. The summed E-state index contributed by atoms with van der Waals surface area (Å²) in [6.45, 7) is 1.74. The van der Waals surface area contributed by atoms with Crippen LogP contribution in [0.25, 0.3) is 0 Å². The average molecular weight is 322 g/mol. The topological polar surface area (TPSA) is 60.9 Å². The molecule has 0 fully saturated rings. The van der Waals surface area contributed by atoms with E-state index in [0.717, 1.165) is 0 Å². The maximum atomic E-state index is 10.6. The summed E-state index contributed by atoms with van der Waals surface area (Å²) in [6, 6.07) is 0. The number of carbonyl (C=O) groups excluding carboxylic acids is 1. The number of rotatable bonds is 1. The largest absolute Gasteiger partial charge is 0.380 e. The Morgan fingerprint density at radius 1 is 1.73 bits per heavy atom. The molecule has 0 radical (unpaired) electrons. The summed E-state index contributed by atoms with van der Waals surface area (Å²) >= 11 is 0. The molecule has 0 unspecified atom stereocenters. The van der Waals surface area contributed by atoms with Gasteiger partial charge in [0.2, 0.25) is 0 Å². The Morgan fingerprint density at radius 3 is 2.45 bits per heavy atom. The van der Waals surface area contributed by atoms with Gasteiger partial charge in [-0.05, 0) is 5.69 Å². The standard InChI is InChI=1S/C6H8N3O.W/c1-4-3-9(2)8-5(4)6(7)10;/h1-2H3,(H2,7,10);/q-1;. The van der Waals surface area contributed by atoms with Crippen LogP contribution in [0.5, 0.6) is 0 Å². The van der Waals surface area contributed by atoms with Gasteiger partial charge < -0.3 is 10.4 Å². The molecule has 1 aromatic rings. The number of primary amides is 1. The van der Waals surface area contributed by atoms with E-state index < -0.39 is 5.91 Å². The Bertz CT molecular complexity index is 269. The smallest absolute Gasteiger partial charge is 0.186 e. The normalized spacial score (nSPS) is 8.91. The summed E-state index contributed by atoms with van der Waals surface area (Å²) in [5.74, 6) is -0.505. The zero-order valence-electron chi connectivity index (χ0n) is 6.29. The average Bonchev–Trinajstić information content (AvgIpc) is 2.10. The maximum Gasteiger partial charge on any atom is 0.186 e. The third-order valence-corrected chi connectivity index (χ3v) is 1.17. The molecule has 0 aliphatic rings. The molecule has 0 spiro atoms. The van der Waals surface area contributed by atoms with Crippen LogP contribution in [0.2, 0.25) is 0 Å². The van der Waals surface area contributed by atoms with Crippen molar-refractivity contribution in [2.24, 2.45) is 12.8 Å². The van der Waals surface area contributed by atoms with Gasteiger partial charge in [-0.15, -0.1) is 6.20 Å². The van der Waals surface area contributed by atoms with Crippen molar-refractivity contribution in [3.05, 3.63) is 17.5 Å². The first-order valence-electron chi connectivity index (χ1n) is 2.84. The number of hydrogen-bond acceptors (Lipinski definition) is 2. The van der Waals surface area contributed by atoms with Crippen molar-refractivity contribution in [3.63, 3.8) is 0 Å². The molecule has 0 atom stereocenters. The van der Waals surface area contributed by atoms with Crippen LogP contribution in [0, 0.1) is 13.1 Å². The zero-order chi connectivity index (χ0) is 7.72. The number of aryl methyl sites for hydroxylation is 2. The van der Waals surface area contributed by atoms with Crippen molar-refractivity contribution in [2.45, 2.75) is 6.92 Å². The van der Waals surface area contributed by atoms with Crippen molar-refractivity contribution in [2.75, 3.05) is 0 Å². The van der Waals surface area contributed by atoms with E-state index in [9.17, 15) is 4.79 Å². The first-order chi connectivity index (χ1) is 4.61. The molecule has 0 aromatic carbocycles. The molecule has 0 saturated heterocycles. The van der Waals surface area contributed by atoms with Crippen LogP contribution in [0.1, 0.15) is 16.1 Å². The molecular weight excluding hydrogens is 314 g/mol. The summed E-state index contributed by atoms with van der Waals surface area (Å²) in [5, 5.41) is 3.80. The third-order valence-electron chi connectivity index (χ3n) is 1.17. The third kappa shape index (κ3) is 2.15. The van der Waals surface area contributed by atoms with Gasteiger partial charge in [-0.1, -0.05) is 6.92 Å². The molecule has 1 heterocycles. The van der Waals surface area contributed by atoms with Crippen molar-refractivity contribution in [1.29, 1.82) is 0 Å². The van der Waals surface area contributed by atoms with Gasteiger partial charge in [0.15, 0.2) is 5.91 Å². The number of carbonyl (C=O) groups is 1. The van der Waals surface area contributed by atoms with E-state index in [2.05, 4.69) is 11.3 Å². The molecule has 5 heteroatoms. The first kappa shape index (κ1) is 10.4. The molecule has 0 saturated carbocycles. The number of hydrogen-bond donors (Lipinski definition) is 1. The van der Waals surface area contributed by atoms with Gasteiger partial charge in [-0.25, -0.2) is 0 Å². The fourth-order valence-electron chi connectivity index (χ4n) is 0.780. The summed E-state index contributed by atoms with van der Waals surface area (Å²) in [5.41, 5.74) is 5.98. The summed E-state index contributed by atoms with van der Waals surface area (Å²) in [7, 11) is 1.69. The second-order valence-electron chi connectivity index (χ2n) is 2.07. The van der Waals surface area contributed by atoms with Crippen molar-refractivity contribution >= 4 is 5.91 Å². The molecule has 0 aliphatic carbocycles. The fraction of sp³-hybridized carbons (Fsp3) is 0.333. The first-order valence-corrected chi connectivity index (χ1v) is 2.84. The van der Waals surface area contributed by atoms with E-state index in [-0.39, 0.29) is 21.1 Å². The Labute approximate surface area is 79.0 Å². The van der Waals surface area contributed by atoms with Gasteiger partial charge in [-0.3, -0.25) is 9.89 Å². The van der Waals surface area contributed by atoms with Crippen LogP contribution >= 0.6 is 0 Å². The van der Waals surface area contributed by atoms with Crippen LogP contribution in [-0.4, -0.2) is 15.7 Å². The van der Waals surface area contributed by atoms with E-state index >= 15 is 0 Å². The Kier molecular flexibility index (Phi) is 3.46. The van der Waals surface area contributed by atoms with Crippen LogP contribution < -0.4 is 5.73 Å². The van der Waals surface area contributed by atoms with Crippen LogP contribution in [-0.2, 0) is 28.1 Å². The minimum absolute atomic E-state index is 0. The van der Waals surface area contributed by atoms with E-state index in [4.69, 9.17) is 5.73 Å². The predicted molar refractivity (Wildman–Crippen MR) is 35.3 cm³/mol. The fourth-order valence-corrected chi connectivity index (χ4v) is 0.780. The molecule has 0 aliphatic heterocycles. The molecule has 1 aromatic heterocycles. The second kappa shape index (κ2) is 3.67. The monoisotopic (exact) mass is 322 g/mol. The minimum atomic E-state index is -0.505. The predicted octanol–water partition coefficient (Wildman–Crippen LogP) is -0.375. The van der Waals surface area contributed by atoms with Gasteiger partial charge in [-0.2, -0.15) is 5.56 Å². The Hall–Kier alpha value is -0.632. The van der Waals surface area contributed by atoms with Gasteiger partial charge in [0.05, 0.1) is 0 Å². The summed E-state index contributed by atoms with van der Waals surface area (Å²) in [6.07, 6.45) is 2.79. The van der Waals surface area contributed by atoms with Crippen LogP contribution in [0.15, 0.2) is 0 Å². The van der Waals surface area contributed by atoms with Crippen molar-refractivity contribution in [3.8, 4) is 0 Å². The van der Waals surface area contributed by atoms with E-state index in [1.54, 1.807) is 14.0 Å². The van der Waals surface area contributed by atoms with Gasteiger partial charge in [0.1, 0.15) is 0 Å². The number of nitrogens with two attached hydrogens (primary N) is 1. The number of nitrogens with zero attached hydrogens (tertiary/aromatic N) is 2. The van der Waals surface area contributed by atoms with Gasteiger partial charge in [0, 0.05) is 28.1 Å². The van der Waals surface area contributed by atoms with Crippen molar-refractivity contribution in [1.82, 2.24) is 9.78 Å². The van der Waals surface area contributed by atoms with E-state index in [1.807, 2.05) is 0 Å². The van der Waals surface area contributed by atoms with Gasteiger partial charge >= 0.3 is 0 Å². The molecule has 0 bridgehead atoms. The maximum absolute atomic E-state index is 10.6. The minimum Gasteiger partial charge on any atom is -0.380 e. The van der Waals surface area contributed by atoms with Gasteiger partial charge in [0.25, 0.3) is 0 Å². The summed E-state index contributed by atoms with van der Waals surface area (Å²) in [4.78, 5) is 10.6. The number of aromatic nitrogens is 2. The van der Waals surface area contributed by atoms with E-state index in [0.29, 0.717) is 11.3 Å². The molecule has 1 amide bonds. The Balaban J connectivity index is 0.000001000. The quantitative estimate of drug-likeness (QED) is 0.717. The zero-order valence-corrected chi connectivity index (χ0v) is 9.22. The van der Waals surface area contributed by atoms with E-state index in [1.165, 1.54) is 4.68 Å². The number of amides is 1. The second-order valence-corrected chi connectivity index (χ2v) is 2.07.